The van der Waals surface area contributed by atoms with E-state index in [-0.39, 0.29) is 0 Å². The molecular formula is C8H14OS. The van der Waals surface area contributed by atoms with Crippen molar-refractivity contribution in [2.45, 2.75) is 27.2 Å². The van der Waals surface area contributed by atoms with E-state index in [1.807, 2.05) is 32.9 Å². The molecule has 0 aliphatic carbocycles. The van der Waals surface area contributed by atoms with Gasteiger partial charge in [0.1, 0.15) is 0 Å². The Morgan fingerprint density at radius 2 is 2.00 bits per heavy atom. The minimum atomic E-state index is 0.828. The van der Waals surface area contributed by atoms with Crippen LogP contribution in [0.25, 0.3) is 0 Å². The van der Waals surface area contributed by atoms with E-state index in [9.17, 15) is 0 Å². The molecule has 0 saturated carbocycles. The molecule has 0 radical (unpaired) electrons. The van der Waals surface area contributed by atoms with Crippen LogP contribution < -0.4 is 0 Å². The molecule has 0 rings (SSSR count). The zero-order valence-electron chi connectivity index (χ0n) is 6.72. The number of hydrogen-bond donors (Lipinski definition) is 1. The predicted octanol–water partition coefficient (Wildman–Crippen LogP) is 3.45. The first-order valence-electron chi connectivity index (χ1n) is 3.36. The Labute approximate surface area is 67.0 Å². The normalized spacial score (nSPS) is 11.4. The molecule has 0 aromatic heterocycles. The Hall–Kier alpha value is -0.210. The monoisotopic (exact) mass is 158 g/mol. The molecule has 58 valence electrons. The molecule has 0 saturated heterocycles. The van der Waals surface area contributed by atoms with Crippen molar-refractivity contribution < 1.29 is 4.55 Å². The summed E-state index contributed by atoms with van der Waals surface area (Å²) in [5.41, 5.74) is 1.25. The summed E-state index contributed by atoms with van der Waals surface area (Å²) in [5.74, 6) is 0. The minimum Gasteiger partial charge on any atom is -0.326 e. The quantitative estimate of drug-likeness (QED) is 0.501. The van der Waals surface area contributed by atoms with Gasteiger partial charge >= 0.3 is 0 Å². The Morgan fingerprint density at radius 1 is 1.40 bits per heavy atom. The lowest BCUT2D eigenvalue weighted by Crippen LogP contribution is -1.70. The summed E-state index contributed by atoms with van der Waals surface area (Å²) in [4.78, 5) is 1.00. The van der Waals surface area contributed by atoms with Gasteiger partial charge in [-0.15, -0.1) is 0 Å². The molecule has 0 heterocycles. The highest BCUT2D eigenvalue weighted by Gasteiger charge is 1.88. The van der Waals surface area contributed by atoms with Crippen LogP contribution in [-0.4, -0.2) is 4.55 Å². The van der Waals surface area contributed by atoms with Crippen LogP contribution in [0, 0.1) is 0 Å². The van der Waals surface area contributed by atoms with Gasteiger partial charge in [0.05, 0.1) is 0 Å². The van der Waals surface area contributed by atoms with Crippen LogP contribution in [0.2, 0.25) is 0 Å². The minimum absolute atomic E-state index is 0.828. The molecule has 0 aromatic carbocycles. The highest BCUT2D eigenvalue weighted by Crippen LogP contribution is 2.14. The van der Waals surface area contributed by atoms with Crippen molar-refractivity contribution in [1.82, 2.24) is 0 Å². The summed E-state index contributed by atoms with van der Waals surface area (Å²) in [6, 6.07) is 0. The average molecular weight is 158 g/mol. The van der Waals surface area contributed by atoms with Crippen LogP contribution in [0.3, 0.4) is 0 Å². The van der Waals surface area contributed by atoms with E-state index in [0.29, 0.717) is 0 Å². The van der Waals surface area contributed by atoms with Crippen LogP contribution in [0.4, 0.5) is 0 Å². The number of rotatable bonds is 3. The van der Waals surface area contributed by atoms with Gasteiger partial charge in [-0.2, -0.15) is 0 Å². The van der Waals surface area contributed by atoms with E-state index >= 15 is 0 Å². The SMILES string of the molecule is CC/C(=C\C=C(C)C)SO. The average Bonchev–Trinajstić information content (AvgIpc) is 1.90. The van der Waals surface area contributed by atoms with Crippen molar-refractivity contribution in [3.05, 3.63) is 22.6 Å². The maximum atomic E-state index is 8.66. The van der Waals surface area contributed by atoms with Crippen LogP contribution in [0.1, 0.15) is 27.2 Å². The topological polar surface area (TPSA) is 20.2 Å². The Balaban J connectivity index is 3.99. The van der Waals surface area contributed by atoms with Gasteiger partial charge in [-0.1, -0.05) is 24.6 Å². The smallest absolute Gasteiger partial charge is 0.0199 e. The lowest BCUT2D eigenvalue weighted by Gasteiger charge is -1.93. The fourth-order valence-corrected chi connectivity index (χ4v) is 0.730. The highest BCUT2D eigenvalue weighted by atomic mass is 32.2. The second-order valence-corrected chi connectivity index (χ2v) is 3.03. The molecule has 0 aliphatic heterocycles. The lowest BCUT2D eigenvalue weighted by molar-refractivity contribution is 0.667. The summed E-state index contributed by atoms with van der Waals surface area (Å²) < 4.78 is 8.66. The van der Waals surface area contributed by atoms with Gasteiger partial charge in [-0.25, -0.2) is 0 Å². The zero-order chi connectivity index (χ0) is 7.98. The molecule has 0 aliphatic rings. The highest BCUT2D eigenvalue weighted by molar-refractivity contribution is 7.97. The molecule has 0 amide bonds. The molecule has 0 aromatic rings. The van der Waals surface area contributed by atoms with E-state index in [1.54, 1.807) is 0 Å². The predicted molar refractivity (Wildman–Crippen MR) is 48.0 cm³/mol. The summed E-state index contributed by atoms with van der Waals surface area (Å²) in [6.45, 7) is 6.09. The molecule has 2 heteroatoms. The van der Waals surface area contributed by atoms with Crippen LogP contribution >= 0.6 is 12.0 Å². The fraction of sp³-hybridized carbons (Fsp3) is 0.500. The molecular weight excluding hydrogens is 144 g/mol. The summed E-state index contributed by atoms with van der Waals surface area (Å²) >= 11 is 0.828. The molecule has 0 atom stereocenters. The zero-order valence-corrected chi connectivity index (χ0v) is 7.53. The van der Waals surface area contributed by atoms with Gasteiger partial charge < -0.3 is 4.55 Å². The Morgan fingerprint density at radius 3 is 2.30 bits per heavy atom. The van der Waals surface area contributed by atoms with Crippen molar-refractivity contribution in [3.8, 4) is 0 Å². The molecule has 0 fully saturated rings. The van der Waals surface area contributed by atoms with Gasteiger partial charge in [0.2, 0.25) is 0 Å². The molecule has 0 spiro atoms. The number of hydrogen-bond acceptors (Lipinski definition) is 2. The molecule has 0 bridgehead atoms. The first kappa shape index (κ1) is 9.79. The lowest BCUT2D eigenvalue weighted by atomic mass is 10.3. The van der Waals surface area contributed by atoms with Crippen molar-refractivity contribution in [3.63, 3.8) is 0 Å². The second-order valence-electron chi connectivity index (χ2n) is 2.32. The van der Waals surface area contributed by atoms with E-state index in [4.69, 9.17) is 4.55 Å². The second kappa shape index (κ2) is 5.57. The van der Waals surface area contributed by atoms with E-state index in [2.05, 4.69) is 0 Å². The van der Waals surface area contributed by atoms with Gasteiger partial charge in [0.15, 0.2) is 0 Å². The maximum absolute atomic E-state index is 8.66. The molecule has 1 N–H and O–H groups in total. The van der Waals surface area contributed by atoms with Crippen LogP contribution in [0.5, 0.6) is 0 Å². The third-order valence-corrected chi connectivity index (χ3v) is 1.73. The molecule has 10 heavy (non-hydrogen) atoms. The van der Waals surface area contributed by atoms with Crippen LogP contribution in [0.15, 0.2) is 22.6 Å². The van der Waals surface area contributed by atoms with Crippen molar-refractivity contribution >= 4 is 12.0 Å². The maximum Gasteiger partial charge on any atom is 0.0199 e. The number of allylic oxidation sites excluding steroid dienone is 4. The Kier molecular flexibility index (Phi) is 5.45. The Bertz CT molecular complexity index is 137. The third kappa shape index (κ3) is 4.65. The van der Waals surface area contributed by atoms with Crippen molar-refractivity contribution in [2.75, 3.05) is 0 Å². The van der Waals surface area contributed by atoms with Crippen LogP contribution in [-0.2, 0) is 0 Å². The summed E-state index contributed by atoms with van der Waals surface area (Å²) in [5, 5.41) is 0. The standard InChI is InChI=1S/C8H14OS/c1-4-8(10-9)6-5-7(2)3/h5-6,9H,4H2,1-3H3/b8-6+. The van der Waals surface area contributed by atoms with E-state index in [0.717, 1.165) is 23.4 Å². The van der Waals surface area contributed by atoms with E-state index in [1.165, 1.54) is 5.57 Å². The first-order valence-corrected chi connectivity index (χ1v) is 4.13. The van der Waals surface area contributed by atoms with Gasteiger partial charge in [-0.3, -0.25) is 0 Å². The van der Waals surface area contributed by atoms with Gasteiger partial charge in [0, 0.05) is 16.9 Å². The first-order chi connectivity index (χ1) is 4.70. The third-order valence-electron chi connectivity index (χ3n) is 1.07. The van der Waals surface area contributed by atoms with Gasteiger partial charge in [-0.05, 0) is 20.3 Å². The largest absolute Gasteiger partial charge is 0.326 e. The molecule has 0 unspecified atom stereocenters. The van der Waals surface area contributed by atoms with Gasteiger partial charge in [0.25, 0.3) is 0 Å². The molecule has 1 nitrogen and oxygen atoms in total. The fourth-order valence-electron chi connectivity index (χ4n) is 0.472. The summed E-state index contributed by atoms with van der Waals surface area (Å²) in [6.07, 6.45) is 4.84. The van der Waals surface area contributed by atoms with Crippen molar-refractivity contribution in [2.24, 2.45) is 0 Å². The summed E-state index contributed by atoms with van der Waals surface area (Å²) in [7, 11) is 0. The van der Waals surface area contributed by atoms with Crippen molar-refractivity contribution in [1.29, 1.82) is 0 Å². The van der Waals surface area contributed by atoms with E-state index < -0.39 is 0 Å².